The van der Waals surface area contributed by atoms with E-state index in [1.165, 1.54) is 16.4 Å². The molecule has 0 radical (unpaired) electrons. The average Bonchev–Trinajstić information content (AvgIpc) is 2.86. The molecule has 0 saturated heterocycles. The van der Waals surface area contributed by atoms with Gasteiger partial charge in [-0.15, -0.1) is 0 Å². The smallest absolute Gasteiger partial charge is 0.245 e. The number of nitrogens with two attached hydrogens (primary N) is 1. The molecule has 0 aromatic heterocycles. The van der Waals surface area contributed by atoms with Crippen LogP contribution in [0.2, 0.25) is 5.02 Å². The minimum absolute atomic E-state index is 0.0620. The first-order valence-electron chi connectivity index (χ1n) is 6.10. The van der Waals surface area contributed by atoms with E-state index in [4.69, 9.17) is 17.3 Å². The van der Waals surface area contributed by atoms with Gasteiger partial charge >= 0.3 is 0 Å². The van der Waals surface area contributed by atoms with Crippen molar-refractivity contribution >= 4 is 27.3 Å². The van der Waals surface area contributed by atoms with Gasteiger partial charge in [-0.1, -0.05) is 35.9 Å². The number of nitrogens with zero attached hydrogens (tertiary/aromatic N) is 1. The lowest BCUT2D eigenvalue weighted by Gasteiger charge is -2.16. The molecule has 0 bridgehead atoms. The van der Waals surface area contributed by atoms with Crippen LogP contribution in [0.25, 0.3) is 0 Å². The van der Waals surface area contributed by atoms with E-state index in [2.05, 4.69) is 0 Å². The van der Waals surface area contributed by atoms with Crippen LogP contribution < -0.4 is 5.73 Å². The first kappa shape index (κ1) is 13.4. The Balaban J connectivity index is 2.01. The van der Waals surface area contributed by atoms with Crippen molar-refractivity contribution in [2.45, 2.75) is 18.0 Å². The standard InChI is InChI=1S/C14H13ClN2O2S/c15-13-6-5-12(16)7-14(13)20(18,19)17-8-10-3-1-2-4-11(10)9-17/h1-7H,8-9,16H2. The summed E-state index contributed by atoms with van der Waals surface area (Å²) >= 11 is 6.01. The van der Waals surface area contributed by atoms with Crippen LogP contribution >= 0.6 is 11.6 Å². The molecule has 0 saturated carbocycles. The number of hydrogen-bond acceptors (Lipinski definition) is 3. The second kappa shape index (κ2) is 4.77. The molecular formula is C14H13ClN2O2S. The Morgan fingerprint density at radius 2 is 1.65 bits per heavy atom. The van der Waals surface area contributed by atoms with Crippen LogP contribution in [0.3, 0.4) is 0 Å². The van der Waals surface area contributed by atoms with Gasteiger partial charge in [0.25, 0.3) is 0 Å². The Morgan fingerprint density at radius 1 is 1.05 bits per heavy atom. The number of sulfonamides is 1. The van der Waals surface area contributed by atoms with Crippen LogP contribution in [0, 0.1) is 0 Å². The van der Waals surface area contributed by atoms with Crippen molar-refractivity contribution in [3.63, 3.8) is 0 Å². The molecular weight excluding hydrogens is 296 g/mol. The fraction of sp³-hybridized carbons (Fsp3) is 0.143. The monoisotopic (exact) mass is 308 g/mol. The Kier molecular flexibility index (Phi) is 3.20. The fourth-order valence-corrected chi connectivity index (χ4v) is 4.23. The zero-order valence-corrected chi connectivity index (χ0v) is 12.2. The number of anilines is 1. The number of hydrogen-bond donors (Lipinski definition) is 1. The average molecular weight is 309 g/mol. The molecule has 1 aliphatic heterocycles. The van der Waals surface area contributed by atoms with Crippen molar-refractivity contribution in [3.8, 4) is 0 Å². The molecule has 1 aliphatic rings. The van der Waals surface area contributed by atoms with Crippen LogP contribution in [0.5, 0.6) is 0 Å². The van der Waals surface area contributed by atoms with Crippen LogP contribution in [-0.2, 0) is 23.1 Å². The van der Waals surface area contributed by atoms with E-state index in [1.54, 1.807) is 6.07 Å². The number of rotatable bonds is 2. The van der Waals surface area contributed by atoms with Gasteiger partial charge in [-0.3, -0.25) is 0 Å². The summed E-state index contributed by atoms with van der Waals surface area (Å²) in [5.74, 6) is 0. The Bertz CT molecular complexity index is 749. The summed E-state index contributed by atoms with van der Waals surface area (Å²) in [6.45, 7) is 0.729. The molecule has 1 heterocycles. The first-order valence-corrected chi connectivity index (χ1v) is 7.92. The van der Waals surface area contributed by atoms with Crippen molar-refractivity contribution in [2.24, 2.45) is 0 Å². The van der Waals surface area contributed by atoms with E-state index in [1.807, 2.05) is 24.3 Å². The Hall–Kier alpha value is -1.56. The molecule has 2 aromatic carbocycles. The van der Waals surface area contributed by atoms with E-state index in [0.29, 0.717) is 18.8 Å². The number of fused-ring (bicyclic) bond motifs is 1. The van der Waals surface area contributed by atoms with Gasteiger partial charge in [0.15, 0.2) is 0 Å². The quantitative estimate of drug-likeness (QED) is 0.867. The van der Waals surface area contributed by atoms with E-state index in [0.717, 1.165) is 11.1 Å². The van der Waals surface area contributed by atoms with E-state index in [9.17, 15) is 8.42 Å². The SMILES string of the molecule is Nc1ccc(Cl)c(S(=O)(=O)N2Cc3ccccc3C2)c1. The molecule has 104 valence electrons. The zero-order valence-electron chi connectivity index (χ0n) is 10.6. The van der Waals surface area contributed by atoms with Gasteiger partial charge in [0, 0.05) is 18.8 Å². The molecule has 2 aromatic rings. The highest BCUT2D eigenvalue weighted by Crippen LogP contribution is 2.32. The van der Waals surface area contributed by atoms with Gasteiger partial charge in [-0.2, -0.15) is 4.31 Å². The van der Waals surface area contributed by atoms with Crippen LogP contribution in [0.1, 0.15) is 11.1 Å². The van der Waals surface area contributed by atoms with Crippen LogP contribution in [-0.4, -0.2) is 12.7 Å². The second-order valence-corrected chi connectivity index (χ2v) is 7.05. The summed E-state index contributed by atoms with van der Waals surface area (Å²) in [6.07, 6.45) is 0. The fourth-order valence-electron chi connectivity index (χ4n) is 2.33. The number of nitrogen functional groups attached to an aromatic ring is 1. The van der Waals surface area contributed by atoms with Gasteiger partial charge in [0.1, 0.15) is 4.90 Å². The maximum Gasteiger partial charge on any atom is 0.245 e. The molecule has 0 aliphatic carbocycles. The number of benzene rings is 2. The lowest BCUT2D eigenvalue weighted by molar-refractivity contribution is 0.431. The molecule has 2 N–H and O–H groups in total. The van der Waals surface area contributed by atoms with E-state index >= 15 is 0 Å². The zero-order chi connectivity index (χ0) is 14.3. The summed E-state index contributed by atoms with van der Waals surface area (Å²) in [7, 11) is -3.64. The minimum atomic E-state index is -3.64. The van der Waals surface area contributed by atoms with E-state index < -0.39 is 10.0 Å². The van der Waals surface area contributed by atoms with Gasteiger partial charge in [0.05, 0.1) is 5.02 Å². The first-order chi connectivity index (χ1) is 9.48. The maximum absolute atomic E-state index is 12.7. The molecule has 0 atom stereocenters. The topological polar surface area (TPSA) is 63.4 Å². The molecule has 6 heteroatoms. The van der Waals surface area contributed by atoms with Gasteiger partial charge < -0.3 is 5.73 Å². The third-order valence-electron chi connectivity index (χ3n) is 3.38. The van der Waals surface area contributed by atoms with Crippen molar-refractivity contribution in [2.75, 3.05) is 5.73 Å². The van der Waals surface area contributed by atoms with Crippen molar-refractivity contribution < 1.29 is 8.42 Å². The lowest BCUT2D eigenvalue weighted by Crippen LogP contribution is -2.26. The van der Waals surface area contributed by atoms with Crippen LogP contribution in [0.4, 0.5) is 5.69 Å². The van der Waals surface area contributed by atoms with Gasteiger partial charge in [-0.25, -0.2) is 8.42 Å². The Labute approximate surface area is 122 Å². The lowest BCUT2D eigenvalue weighted by atomic mass is 10.1. The van der Waals surface area contributed by atoms with Crippen LogP contribution in [0.15, 0.2) is 47.4 Å². The third-order valence-corrected chi connectivity index (χ3v) is 5.66. The number of halogens is 1. The van der Waals surface area contributed by atoms with Crippen molar-refractivity contribution in [3.05, 3.63) is 58.6 Å². The minimum Gasteiger partial charge on any atom is -0.399 e. The maximum atomic E-state index is 12.7. The highest BCUT2D eigenvalue weighted by Gasteiger charge is 2.31. The third kappa shape index (κ3) is 2.18. The summed E-state index contributed by atoms with van der Waals surface area (Å²) in [6, 6.07) is 12.2. The molecule has 3 rings (SSSR count). The molecule has 20 heavy (non-hydrogen) atoms. The molecule has 4 nitrogen and oxygen atoms in total. The molecule has 0 amide bonds. The van der Waals surface area contributed by atoms with E-state index in [-0.39, 0.29) is 9.92 Å². The predicted octanol–water partition coefficient (Wildman–Crippen LogP) is 2.63. The summed E-state index contributed by atoms with van der Waals surface area (Å²) < 4.78 is 26.7. The summed E-state index contributed by atoms with van der Waals surface area (Å²) in [5.41, 5.74) is 8.09. The summed E-state index contributed by atoms with van der Waals surface area (Å²) in [5, 5.41) is 0.190. The molecule has 0 spiro atoms. The largest absolute Gasteiger partial charge is 0.399 e. The highest BCUT2D eigenvalue weighted by atomic mass is 35.5. The summed E-state index contributed by atoms with van der Waals surface area (Å²) in [4.78, 5) is 0.0620. The predicted molar refractivity (Wildman–Crippen MR) is 78.7 cm³/mol. The second-order valence-electron chi connectivity index (χ2n) is 4.73. The van der Waals surface area contributed by atoms with Crippen molar-refractivity contribution in [1.29, 1.82) is 0 Å². The molecule has 0 fully saturated rings. The highest BCUT2D eigenvalue weighted by molar-refractivity contribution is 7.89. The van der Waals surface area contributed by atoms with Gasteiger partial charge in [0.2, 0.25) is 10.0 Å². The normalized spacial score (nSPS) is 15.2. The van der Waals surface area contributed by atoms with Crippen molar-refractivity contribution in [1.82, 2.24) is 4.31 Å². The van der Waals surface area contributed by atoms with Gasteiger partial charge in [-0.05, 0) is 29.3 Å². The molecule has 0 unspecified atom stereocenters. The Morgan fingerprint density at radius 3 is 2.25 bits per heavy atom.